The van der Waals surface area contributed by atoms with Crippen LogP contribution >= 0.6 is 0 Å². The van der Waals surface area contributed by atoms with E-state index >= 15 is 0 Å². The summed E-state index contributed by atoms with van der Waals surface area (Å²) in [6.45, 7) is 1.67. The number of nitrogens with two attached hydrogens (primary N) is 1. The Balaban J connectivity index is 2.73. The van der Waals surface area contributed by atoms with E-state index in [4.69, 9.17) is 10.5 Å². The SMILES string of the molecule is CCOC(=O)N[C@@H]1O[C@@H](C(N)=O)[C@@H](O)[C@@H](O)[C@@H]1O. The minimum atomic E-state index is -1.68. The van der Waals surface area contributed by atoms with Gasteiger partial charge in [-0.2, -0.15) is 0 Å². The van der Waals surface area contributed by atoms with Crippen molar-refractivity contribution in [3.63, 3.8) is 0 Å². The van der Waals surface area contributed by atoms with E-state index in [1.807, 2.05) is 0 Å². The van der Waals surface area contributed by atoms with Crippen LogP contribution in [0, 0.1) is 0 Å². The molecule has 18 heavy (non-hydrogen) atoms. The Labute approximate surface area is 102 Å². The maximum atomic E-state index is 11.1. The fraction of sp³-hybridized carbons (Fsp3) is 0.778. The molecule has 0 spiro atoms. The normalized spacial score (nSPS) is 35.9. The van der Waals surface area contributed by atoms with Crippen LogP contribution in [0.15, 0.2) is 0 Å². The predicted octanol–water partition coefficient (Wildman–Crippen LogP) is -2.97. The summed E-state index contributed by atoms with van der Waals surface area (Å²) in [4.78, 5) is 22.1. The third kappa shape index (κ3) is 3.07. The maximum Gasteiger partial charge on any atom is 0.409 e. The first-order valence-electron chi connectivity index (χ1n) is 5.30. The molecule has 0 aromatic carbocycles. The van der Waals surface area contributed by atoms with Crippen LogP contribution < -0.4 is 11.1 Å². The van der Waals surface area contributed by atoms with Crippen molar-refractivity contribution in [2.45, 2.75) is 37.6 Å². The fourth-order valence-corrected chi connectivity index (χ4v) is 1.52. The average molecular weight is 264 g/mol. The summed E-state index contributed by atoms with van der Waals surface area (Å²) in [5.41, 5.74) is 4.96. The quantitative estimate of drug-likeness (QED) is 0.365. The molecule has 1 aliphatic rings. The second-order valence-electron chi connectivity index (χ2n) is 3.72. The zero-order valence-electron chi connectivity index (χ0n) is 9.65. The van der Waals surface area contributed by atoms with Crippen LogP contribution in [-0.4, -0.2) is 64.6 Å². The number of primary amides is 1. The Hall–Kier alpha value is -1.42. The summed E-state index contributed by atoms with van der Waals surface area (Å²) in [5, 5.41) is 30.6. The third-order valence-electron chi connectivity index (χ3n) is 2.43. The molecule has 1 fully saturated rings. The van der Waals surface area contributed by atoms with E-state index in [1.165, 1.54) is 0 Å². The maximum absolute atomic E-state index is 11.1. The molecule has 0 radical (unpaired) electrons. The van der Waals surface area contributed by atoms with Crippen molar-refractivity contribution in [3.05, 3.63) is 0 Å². The molecule has 2 amide bonds. The van der Waals surface area contributed by atoms with Crippen LogP contribution in [-0.2, 0) is 14.3 Å². The van der Waals surface area contributed by atoms with E-state index in [-0.39, 0.29) is 6.61 Å². The lowest BCUT2D eigenvalue weighted by Gasteiger charge is -2.39. The summed E-state index contributed by atoms with van der Waals surface area (Å²) >= 11 is 0. The van der Waals surface area contributed by atoms with Gasteiger partial charge in [-0.3, -0.25) is 10.1 Å². The summed E-state index contributed by atoms with van der Waals surface area (Å²) < 4.78 is 9.46. The zero-order chi connectivity index (χ0) is 13.9. The first-order valence-corrected chi connectivity index (χ1v) is 5.30. The fourth-order valence-electron chi connectivity index (χ4n) is 1.52. The Bertz CT molecular complexity index is 324. The van der Waals surface area contributed by atoms with Gasteiger partial charge in [0.15, 0.2) is 12.3 Å². The number of hydrogen-bond acceptors (Lipinski definition) is 7. The number of ether oxygens (including phenoxy) is 2. The molecular formula is C9H16N2O7. The van der Waals surface area contributed by atoms with Gasteiger partial charge in [-0.15, -0.1) is 0 Å². The molecule has 1 heterocycles. The van der Waals surface area contributed by atoms with Crippen molar-refractivity contribution in [1.29, 1.82) is 0 Å². The van der Waals surface area contributed by atoms with E-state index in [1.54, 1.807) is 6.92 Å². The molecule has 1 aliphatic heterocycles. The Morgan fingerprint density at radius 2 is 1.89 bits per heavy atom. The predicted molar refractivity (Wildman–Crippen MR) is 56.0 cm³/mol. The number of hydrogen-bond donors (Lipinski definition) is 5. The number of rotatable bonds is 3. The number of amides is 2. The lowest BCUT2D eigenvalue weighted by molar-refractivity contribution is -0.224. The highest BCUT2D eigenvalue weighted by atomic mass is 16.6. The molecule has 104 valence electrons. The van der Waals surface area contributed by atoms with Crippen LogP contribution in [0.25, 0.3) is 0 Å². The molecule has 0 unspecified atom stereocenters. The first kappa shape index (κ1) is 14.6. The van der Waals surface area contributed by atoms with Crippen LogP contribution in [0.1, 0.15) is 6.92 Å². The molecular weight excluding hydrogens is 248 g/mol. The average Bonchev–Trinajstić information content (AvgIpc) is 2.30. The monoisotopic (exact) mass is 264 g/mol. The van der Waals surface area contributed by atoms with Gasteiger partial charge >= 0.3 is 6.09 Å². The summed E-state index contributed by atoms with van der Waals surface area (Å²) in [6.07, 6.45) is -8.79. The van der Waals surface area contributed by atoms with Crippen LogP contribution in [0.5, 0.6) is 0 Å². The molecule has 9 heteroatoms. The highest BCUT2D eigenvalue weighted by molar-refractivity contribution is 5.80. The van der Waals surface area contributed by atoms with Gasteiger partial charge in [0, 0.05) is 0 Å². The summed E-state index contributed by atoms with van der Waals surface area (Å²) in [6, 6.07) is 0. The van der Waals surface area contributed by atoms with Crippen molar-refractivity contribution in [2.75, 3.05) is 6.61 Å². The number of alkyl carbamates (subject to hydrolysis) is 1. The van der Waals surface area contributed by atoms with Crippen molar-refractivity contribution in [1.82, 2.24) is 5.32 Å². The minimum Gasteiger partial charge on any atom is -0.450 e. The van der Waals surface area contributed by atoms with Crippen molar-refractivity contribution >= 4 is 12.0 Å². The van der Waals surface area contributed by atoms with Crippen LogP contribution in [0.4, 0.5) is 4.79 Å². The van der Waals surface area contributed by atoms with Crippen molar-refractivity contribution < 1.29 is 34.4 Å². The largest absolute Gasteiger partial charge is 0.450 e. The van der Waals surface area contributed by atoms with Gasteiger partial charge in [-0.25, -0.2) is 4.79 Å². The number of aliphatic hydroxyl groups excluding tert-OH is 3. The number of aliphatic hydroxyl groups is 3. The molecule has 1 saturated heterocycles. The van der Waals surface area contributed by atoms with Gasteiger partial charge < -0.3 is 30.5 Å². The molecule has 0 aliphatic carbocycles. The second kappa shape index (κ2) is 5.96. The Morgan fingerprint density at radius 3 is 2.39 bits per heavy atom. The number of nitrogens with one attached hydrogen (secondary N) is 1. The molecule has 0 bridgehead atoms. The van der Waals surface area contributed by atoms with E-state index in [0.29, 0.717) is 0 Å². The molecule has 0 aromatic heterocycles. The molecule has 0 saturated carbocycles. The summed E-state index contributed by atoms with van der Waals surface area (Å²) in [7, 11) is 0. The molecule has 6 N–H and O–H groups in total. The number of carbonyl (C=O) groups is 2. The van der Waals surface area contributed by atoms with Gasteiger partial charge in [0.25, 0.3) is 0 Å². The lowest BCUT2D eigenvalue weighted by Crippen LogP contribution is -2.65. The molecule has 0 aromatic rings. The lowest BCUT2D eigenvalue weighted by atomic mass is 9.98. The van der Waals surface area contributed by atoms with Crippen molar-refractivity contribution in [3.8, 4) is 0 Å². The number of carbonyl (C=O) groups excluding carboxylic acids is 2. The summed E-state index contributed by atoms with van der Waals surface area (Å²) in [5.74, 6) is -1.02. The van der Waals surface area contributed by atoms with E-state index in [2.05, 4.69) is 10.1 Å². The van der Waals surface area contributed by atoms with Gasteiger partial charge in [0.1, 0.15) is 18.3 Å². The zero-order valence-corrected chi connectivity index (χ0v) is 9.65. The standard InChI is InChI=1S/C9H16N2O7/c1-2-17-9(16)11-8-5(14)3(12)4(13)6(18-8)7(10)15/h3-6,8,12-14H,2H2,1H3,(H2,10,15)(H,11,16)/t3-,4+,5+,6-,8-/m1/s1. The van der Waals surface area contributed by atoms with Gasteiger partial charge in [0.2, 0.25) is 5.91 Å². The highest BCUT2D eigenvalue weighted by Gasteiger charge is 2.46. The topological polar surface area (TPSA) is 151 Å². The molecule has 9 nitrogen and oxygen atoms in total. The second-order valence-corrected chi connectivity index (χ2v) is 3.72. The smallest absolute Gasteiger partial charge is 0.409 e. The van der Waals surface area contributed by atoms with Crippen LogP contribution in [0.3, 0.4) is 0 Å². The molecule has 5 atom stereocenters. The third-order valence-corrected chi connectivity index (χ3v) is 2.43. The van der Waals surface area contributed by atoms with Gasteiger partial charge in [-0.05, 0) is 6.92 Å². The van der Waals surface area contributed by atoms with Gasteiger partial charge in [-0.1, -0.05) is 0 Å². The van der Waals surface area contributed by atoms with E-state index in [9.17, 15) is 24.9 Å². The van der Waals surface area contributed by atoms with E-state index in [0.717, 1.165) is 0 Å². The first-order chi connectivity index (χ1) is 8.38. The molecule has 1 rings (SSSR count). The minimum absolute atomic E-state index is 0.0963. The van der Waals surface area contributed by atoms with Crippen LogP contribution in [0.2, 0.25) is 0 Å². The Kier molecular flexibility index (Phi) is 4.84. The van der Waals surface area contributed by atoms with Crippen molar-refractivity contribution in [2.24, 2.45) is 5.73 Å². The van der Waals surface area contributed by atoms with Gasteiger partial charge in [0.05, 0.1) is 6.61 Å². The Morgan fingerprint density at radius 1 is 1.28 bits per heavy atom. The highest BCUT2D eigenvalue weighted by Crippen LogP contribution is 2.19. The van der Waals surface area contributed by atoms with E-state index < -0.39 is 42.6 Å².